The van der Waals surface area contributed by atoms with E-state index in [4.69, 9.17) is 9.97 Å². The van der Waals surface area contributed by atoms with Gasteiger partial charge < -0.3 is 4.57 Å². The SMILES string of the molecule is CN(Cc1nc2ccccc2n1C[C@H]1CCCN(Cc2ccccc2)C1)C1CCCc2cccnc21. The van der Waals surface area contributed by atoms with Crippen LogP contribution in [0.1, 0.15) is 54.4 Å². The summed E-state index contributed by atoms with van der Waals surface area (Å²) < 4.78 is 2.52. The maximum Gasteiger partial charge on any atom is 0.124 e. The van der Waals surface area contributed by atoms with Gasteiger partial charge in [0.1, 0.15) is 5.82 Å². The van der Waals surface area contributed by atoms with E-state index in [9.17, 15) is 0 Å². The summed E-state index contributed by atoms with van der Waals surface area (Å²) in [5.74, 6) is 1.82. The molecular formula is C31H37N5. The molecule has 1 unspecified atom stereocenters. The average Bonchev–Trinajstić information content (AvgIpc) is 3.25. The predicted octanol–water partition coefficient (Wildman–Crippen LogP) is 5.85. The Morgan fingerprint density at radius 3 is 2.72 bits per heavy atom. The lowest BCUT2D eigenvalue weighted by molar-refractivity contribution is 0.153. The van der Waals surface area contributed by atoms with E-state index in [1.165, 1.54) is 54.0 Å². The Bertz CT molecular complexity index is 1300. The van der Waals surface area contributed by atoms with Crippen LogP contribution in [0.2, 0.25) is 0 Å². The van der Waals surface area contributed by atoms with Crippen molar-refractivity contribution in [3.8, 4) is 0 Å². The van der Waals surface area contributed by atoms with Gasteiger partial charge in [-0.2, -0.15) is 0 Å². The minimum absolute atomic E-state index is 0.360. The monoisotopic (exact) mass is 479 g/mol. The van der Waals surface area contributed by atoms with Crippen molar-refractivity contribution in [2.24, 2.45) is 5.92 Å². The van der Waals surface area contributed by atoms with Crippen LogP contribution < -0.4 is 0 Å². The molecule has 1 aliphatic heterocycles. The zero-order chi connectivity index (χ0) is 24.3. The fraction of sp³-hybridized carbons (Fsp3) is 0.419. The highest BCUT2D eigenvalue weighted by Gasteiger charge is 2.27. The molecular weight excluding hydrogens is 442 g/mol. The summed E-state index contributed by atoms with van der Waals surface area (Å²) in [6.45, 7) is 5.27. The third-order valence-electron chi connectivity index (χ3n) is 8.11. The molecule has 36 heavy (non-hydrogen) atoms. The molecule has 5 heteroatoms. The van der Waals surface area contributed by atoms with Crippen LogP contribution in [0.3, 0.4) is 0 Å². The lowest BCUT2D eigenvalue weighted by Gasteiger charge is -2.34. The van der Waals surface area contributed by atoms with E-state index < -0.39 is 0 Å². The maximum absolute atomic E-state index is 5.14. The number of benzene rings is 2. The molecule has 4 aromatic rings. The highest BCUT2D eigenvalue weighted by molar-refractivity contribution is 5.75. The molecule has 1 fully saturated rings. The molecule has 5 nitrogen and oxygen atoms in total. The first kappa shape index (κ1) is 23.4. The molecule has 0 amide bonds. The number of para-hydroxylation sites is 2. The minimum atomic E-state index is 0.360. The van der Waals surface area contributed by atoms with Crippen molar-refractivity contribution in [2.75, 3.05) is 20.1 Å². The van der Waals surface area contributed by atoms with Gasteiger partial charge in [-0.15, -0.1) is 0 Å². The molecule has 3 heterocycles. The molecule has 6 rings (SSSR count). The van der Waals surface area contributed by atoms with E-state index in [1.54, 1.807) is 0 Å². The van der Waals surface area contributed by atoms with Crippen LogP contribution >= 0.6 is 0 Å². The number of rotatable bonds is 7. The standard InChI is InChI=1S/C31H37N5/c1-34(29-17-7-13-26-14-8-18-32-31(26)29)23-30-33-27-15-5-6-16-28(27)36(30)22-25-12-9-19-35(21-25)20-24-10-3-2-4-11-24/h2-6,8,10-11,14-16,18,25,29H,7,9,12-13,17,19-23H2,1H3/t25-,29?/m0/s1. The van der Waals surface area contributed by atoms with E-state index in [1.807, 2.05) is 6.20 Å². The second-order valence-corrected chi connectivity index (χ2v) is 10.7. The summed E-state index contributed by atoms with van der Waals surface area (Å²) >= 11 is 0. The number of pyridine rings is 1. The molecule has 1 aliphatic carbocycles. The van der Waals surface area contributed by atoms with Crippen molar-refractivity contribution >= 4 is 11.0 Å². The molecule has 2 atom stereocenters. The third-order valence-corrected chi connectivity index (χ3v) is 8.11. The van der Waals surface area contributed by atoms with Crippen molar-refractivity contribution in [3.05, 3.63) is 95.6 Å². The van der Waals surface area contributed by atoms with Gasteiger partial charge in [0.05, 0.1) is 29.3 Å². The van der Waals surface area contributed by atoms with Gasteiger partial charge in [0.25, 0.3) is 0 Å². The van der Waals surface area contributed by atoms with Crippen molar-refractivity contribution in [1.82, 2.24) is 24.3 Å². The number of nitrogens with zero attached hydrogens (tertiary/aromatic N) is 5. The fourth-order valence-corrected chi connectivity index (χ4v) is 6.34. The largest absolute Gasteiger partial charge is 0.327 e. The summed E-state index contributed by atoms with van der Waals surface area (Å²) in [6, 6.07) is 24.3. The topological polar surface area (TPSA) is 37.2 Å². The number of likely N-dealkylation sites (tertiary alicyclic amines) is 1. The van der Waals surface area contributed by atoms with Crippen LogP contribution in [0, 0.1) is 5.92 Å². The van der Waals surface area contributed by atoms with Crippen molar-refractivity contribution in [1.29, 1.82) is 0 Å². The zero-order valence-corrected chi connectivity index (χ0v) is 21.4. The Morgan fingerprint density at radius 1 is 0.944 bits per heavy atom. The van der Waals surface area contributed by atoms with Gasteiger partial charge in [-0.25, -0.2) is 4.98 Å². The molecule has 0 radical (unpaired) electrons. The van der Waals surface area contributed by atoms with E-state index in [-0.39, 0.29) is 0 Å². The summed E-state index contributed by atoms with van der Waals surface area (Å²) in [6.07, 6.45) is 8.04. The Labute approximate surface area is 214 Å². The van der Waals surface area contributed by atoms with Crippen molar-refractivity contribution in [2.45, 2.75) is 57.8 Å². The first-order valence-corrected chi connectivity index (χ1v) is 13.6. The molecule has 0 spiro atoms. The second kappa shape index (κ2) is 10.5. The quantitative estimate of drug-likeness (QED) is 0.333. The van der Waals surface area contributed by atoms with Gasteiger partial charge >= 0.3 is 0 Å². The highest BCUT2D eigenvalue weighted by atomic mass is 15.2. The molecule has 1 saturated heterocycles. The Morgan fingerprint density at radius 2 is 1.81 bits per heavy atom. The van der Waals surface area contributed by atoms with Crippen LogP contribution in [0.4, 0.5) is 0 Å². The van der Waals surface area contributed by atoms with E-state index in [2.05, 4.69) is 88.1 Å². The number of hydrogen-bond donors (Lipinski definition) is 0. The van der Waals surface area contributed by atoms with Crippen LogP contribution in [-0.2, 0) is 26.1 Å². The second-order valence-electron chi connectivity index (χ2n) is 10.7. The molecule has 0 saturated carbocycles. The molecule has 186 valence electrons. The first-order valence-electron chi connectivity index (χ1n) is 13.6. The molecule has 2 aromatic carbocycles. The molecule has 0 N–H and O–H groups in total. The van der Waals surface area contributed by atoms with E-state index in [0.717, 1.165) is 44.5 Å². The number of fused-ring (bicyclic) bond motifs is 2. The Hall–Kier alpha value is -3.02. The fourth-order valence-electron chi connectivity index (χ4n) is 6.34. The normalized spacial score (nSPS) is 20.6. The van der Waals surface area contributed by atoms with Gasteiger partial charge in [-0.1, -0.05) is 48.5 Å². The number of hydrogen-bond acceptors (Lipinski definition) is 4. The summed E-state index contributed by atoms with van der Waals surface area (Å²) in [7, 11) is 2.25. The summed E-state index contributed by atoms with van der Waals surface area (Å²) in [5.41, 5.74) is 6.46. The lowest BCUT2D eigenvalue weighted by Crippen LogP contribution is -2.37. The van der Waals surface area contributed by atoms with Gasteiger partial charge in [-0.3, -0.25) is 14.8 Å². The molecule has 2 aliphatic rings. The summed E-state index contributed by atoms with van der Waals surface area (Å²) in [5, 5.41) is 0. The van der Waals surface area contributed by atoms with Gasteiger partial charge in [0.15, 0.2) is 0 Å². The van der Waals surface area contributed by atoms with Crippen LogP contribution in [0.5, 0.6) is 0 Å². The van der Waals surface area contributed by atoms with Crippen LogP contribution in [0.25, 0.3) is 11.0 Å². The first-order chi connectivity index (χ1) is 17.7. The van der Waals surface area contributed by atoms with E-state index >= 15 is 0 Å². The third kappa shape index (κ3) is 4.95. The Kier molecular flexibility index (Phi) is 6.84. The van der Waals surface area contributed by atoms with E-state index in [0.29, 0.717) is 12.0 Å². The Balaban J connectivity index is 1.22. The van der Waals surface area contributed by atoms with Crippen LogP contribution in [0.15, 0.2) is 72.9 Å². The smallest absolute Gasteiger partial charge is 0.124 e. The van der Waals surface area contributed by atoms with Gasteiger partial charge in [-0.05, 0) is 80.9 Å². The molecule has 0 bridgehead atoms. The van der Waals surface area contributed by atoms with Gasteiger partial charge in [0.2, 0.25) is 0 Å². The number of piperidine rings is 1. The minimum Gasteiger partial charge on any atom is -0.327 e. The average molecular weight is 480 g/mol. The lowest BCUT2D eigenvalue weighted by atomic mass is 9.91. The van der Waals surface area contributed by atoms with Crippen molar-refractivity contribution in [3.63, 3.8) is 0 Å². The zero-order valence-electron chi connectivity index (χ0n) is 21.4. The summed E-state index contributed by atoms with van der Waals surface area (Å²) in [4.78, 5) is 15.0. The molecule has 2 aromatic heterocycles. The predicted molar refractivity (Wildman–Crippen MR) is 146 cm³/mol. The number of imidazole rings is 1. The van der Waals surface area contributed by atoms with Crippen molar-refractivity contribution < 1.29 is 0 Å². The maximum atomic E-state index is 5.14. The highest BCUT2D eigenvalue weighted by Crippen LogP contribution is 2.33. The van der Waals surface area contributed by atoms with Gasteiger partial charge in [0, 0.05) is 25.8 Å². The number of aryl methyl sites for hydroxylation is 1. The number of aromatic nitrogens is 3. The van der Waals surface area contributed by atoms with Crippen LogP contribution in [-0.4, -0.2) is 44.5 Å².